The summed E-state index contributed by atoms with van der Waals surface area (Å²) in [6.07, 6.45) is 6.53. The first-order valence-corrected chi connectivity index (χ1v) is 9.20. The summed E-state index contributed by atoms with van der Waals surface area (Å²) in [4.78, 5) is 35.5. The number of hydrogen-bond acceptors (Lipinski definition) is 5. The Labute approximate surface area is 168 Å². The Kier molecular flexibility index (Phi) is 4.91. The molecule has 3 aromatic rings. The number of Topliss-reactive ketones (excluding diaryl/α,β-unsaturated/α-hetero) is 1. The average molecular weight is 385 g/mol. The Bertz CT molecular complexity index is 1080. The summed E-state index contributed by atoms with van der Waals surface area (Å²) in [5.41, 5.74) is 3.03. The third kappa shape index (κ3) is 3.52. The highest BCUT2D eigenvalue weighted by atomic mass is 16.3. The standard InChI is InChI=1S/C23H19N3O3/c1-15-6-8-17(9-7-15)21(27)19-20(18-5-3-11-25-13-18)26(23(29)22(19)28)14-16-4-2-10-24-12-16/h2-13,20,27H,14H2,1H3. The second kappa shape index (κ2) is 7.67. The van der Waals surface area contributed by atoms with Gasteiger partial charge in [0.15, 0.2) is 0 Å². The van der Waals surface area contributed by atoms with Crippen molar-refractivity contribution in [3.63, 3.8) is 0 Å². The Hall–Kier alpha value is -3.80. The van der Waals surface area contributed by atoms with Gasteiger partial charge in [-0.3, -0.25) is 19.6 Å². The van der Waals surface area contributed by atoms with Gasteiger partial charge < -0.3 is 10.0 Å². The predicted octanol–water partition coefficient (Wildman–Crippen LogP) is 3.41. The third-order valence-electron chi connectivity index (χ3n) is 4.94. The molecule has 1 unspecified atom stereocenters. The zero-order chi connectivity index (χ0) is 20.4. The van der Waals surface area contributed by atoms with Crippen LogP contribution in [0.4, 0.5) is 0 Å². The number of amides is 1. The van der Waals surface area contributed by atoms with E-state index in [4.69, 9.17) is 0 Å². The van der Waals surface area contributed by atoms with Crippen molar-refractivity contribution in [2.45, 2.75) is 19.5 Å². The Balaban J connectivity index is 1.85. The van der Waals surface area contributed by atoms with Crippen molar-refractivity contribution in [3.05, 3.63) is 101 Å². The molecule has 1 N–H and O–H groups in total. The molecule has 6 heteroatoms. The van der Waals surface area contributed by atoms with Gasteiger partial charge in [0, 0.05) is 36.9 Å². The monoisotopic (exact) mass is 385 g/mol. The zero-order valence-electron chi connectivity index (χ0n) is 15.8. The maximum absolute atomic E-state index is 12.9. The molecule has 6 nitrogen and oxygen atoms in total. The predicted molar refractivity (Wildman–Crippen MR) is 107 cm³/mol. The number of carbonyl (C=O) groups is 2. The Morgan fingerprint density at radius 2 is 1.69 bits per heavy atom. The molecule has 29 heavy (non-hydrogen) atoms. The van der Waals surface area contributed by atoms with Crippen molar-refractivity contribution in [2.24, 2.45) is 0 Å². The van der Waals surface area contributed by atoms with E-state index >= 15 is 0 Å². The number of aliphatic hydroxyl groups is 1. The molecule has 1 aliphatic rings. The molecule has 3 heterocycles. The molecule has 4 rings (SSSR count). The number of ketones is 1. The molecule has 0 radical (unpaired) electrons. The van der Waals surface area contributed by atoms with Crippen molar-refractivity contribution in [1.29, 1.82) is 0 Å². The highest BCUT2D eigenvalue weighted by molar-refractivity contribution is 6.46. The lowest BCUT2D eigenvalue weighted by atomic mass is 9.96. The molecule has 1 aliphatic heterocycles. The topological polar surface area (TPSA) is 83.4 Å². The number of nitrogens with zero attached hydrogens (tertiary/aromatic N) is 3. The van der Waals surface area contributed by atoms with E-state index in [-0.39, 0.29) is 17.9 Å². The first kappa shape index (κ1) is 18.6. The van der Waals surface area contributed by atoms with Crippen molar-refractivity contribution < 1.29 is 14.7 Å². The summed E-state index contributed by atoms with van der Waals surface area (Å²) < 4.78 is 0. The van der Waals surface area contributed by atoms with E-state index in [2.05, 4.69) is 9.97 Å². The van der Waals surface area contributed by atoms with Gasteiger partial charge in [0.1, 0.15) is 5.76 Å². The number of aliphatic hydroxyl groups excluding tert-OH is 1. The zero-order valence-corrected chi connectivity index (χ0v) is 15.8. The van der Waals surface area contributed by atoms with Crippen molar-refractivity contribution in [1.82, 2.24) is 14.9 Å². The first-order chi connectivity index (χ1) is 14.1. The van der Waals surface area contributed by atoms with Gasteiger partial charge in [-0.05, 0) is 30.2 Å². The molecule has 0 spiro atoms. The number of aryl methyl sites for hydroxylation is 1. The number of aromatic nitrogens is 2. The second-order valence-corrected chi connectivity index (χ2v) is 6.94. The van der Waals surface area contributed by atoms with E-state index in [0.717, 1.165) is 11.1 Å². The summed E-state index contributed by atoms with van der Waals surface area (Å²) in [6, 6.07) is 13.6. The van der Waals surface area contributed by atoms with Crippen LogP contribution in [0.3, 0.4) is 0 Å². The summed E-state index contributed by atoms with van der Waals surface area (Å²) in [5, 5.41) is 11.0. The summed E-state index contributed by atoms with van der Waals surface area (Å²) in [6.45, 7) is 2.13. The van der Waals surface area contributed by atoms with Crippen LogP contribution in [0.5, 0.6) is 0 Å². The average Bonchev–Trinajstić information content (AvgIpc) is 3.00. The van der Waals surface area contributed by atoms with Gasteiger partial charge in [-0.25, -0.2) is 0 Å². The van der Waals surface area contributed by atoms with Crippen LogP contribution in [-0.4, -0.2) is 31.7 Å². The third-order valence-corrected chi connectivity index (χ3v) is 4.94. The van der Waals surface area contributed by atoms with Crippen molar-refractivity contribution in [2.75, 3.05) is 0 Å². The fourth-order valence-corrected chi connectivity index (χ4v) is 3.48. The number of likely N-dealkylation sites (tertiary alicyclic amines) is 1. The number of carbonyl (C=O) groups excluding carboxylic acids is 2. The van der Waals surface area contributed by atoms with E-state index in [1.807, 2.05) is 25.1 Å². The molecule has 1 amide bonds. The van der Waals surface area contributed by atoms with Crippen molar-refractivity contribution >= 4 is 17.4 Å². The van der Waals surface area contributed by atoms with Crippen LogP contribution < -0.4 is 0 Å². The highest BCUT2D eigenvalue weighted by Crippen LogP contribution is 2.39. The Morgan fingerprint density at radius 3 is 2.31 bits per heavy atom. The van der Waals surface area contributed by atoms with Crippen molar-refractivity contribution in [3.8, 4) is 0 Å². The van der Waals surface area contributed by atoms with Crippen LogP contribution in [0.15, 0.2) is 78.9 Å². The number of benzene rings is 1. The minimum absolute atomic E-state index is 0.0655. The lowest BCUT2D eigenvalue weighted by molar-refractivity contribution is -0.140. The van der Waals surface area contributed by atoms with E-state index < -0.39 is 17.7 Å². The molecule has 1 aromatic carbocycles. The minimum atomic E-state index is -0.731. The van der Waals surface area contributed by atoms with E-state index in [0.29, 0.717) is 11.1 Å². The summed E-state index contributed by atoms with van der Waals surface area (Å²) in [7, 11) is 0. The molecule has 1 fully saturated rings. The van der Waals surface area contributed by atoms with Crippen LogP contribution in [0, 0.1) is 6.92 Å². The molecule has 2 aromatic heterocycles. The van der Waals surface area contributed by atoms with Gasteiger partial charge in [-0.15, -0.1) is 0 Å². The molecule has 0 bridgehead atoms. The number of hydrogen-bond donors (Lipinski definition) is 1. The highest BCUT2D eigenvalue weighted by Gasteiger charge is 2.46. The van der Waals surface area contributed by atoms with Crippen LogP contribution in [0.25, 0.3) is 5.76 Å². The van der Waals surface area contributed by atoms with Gasteiger partial charge >= 0.3 is 0 Å². The van der Waals surface area contributed by atoms with Crippen LogP contribution >= 0.6 is 0 Å². The molecule has 0 aliphatic carbocycles. The molecule has 144 valence electrons. The molecule has 1 saturated heterocycles. The fourth-order valence-electron chi connectivity index (χ4n) is 3.48. The van der Waals surface area contributed by atoms with E-state index in [1.54, 1.807) is 55.1 Å². The van der Waals surface area contributed by atoms with Gasteiger partial charge in [0.25, 0.3) is 11.7 Å². The normalized spacial score (nSPS) is 18.2. The first-order valence-electron chi connectivity index (χ1n) is 9.20. The molecular weight excluding hydrogens is 366 g/mol. The lowest BCUT2D eigenvalue weighted by Crippen LogP contribution is -2.29. The molecular formula is C23H19N3O3. The van der Waals surface area contributed by atoms with Gasteiger partial charge in [0.2, 0.25) is 0 Å². The SMILES string of the molecule is Cc1ccc(C(O)=C2C(=O)C(=O)N(Cc3cccnc3)C2c2cccnc2)cc1. The molecule has 1 atom stereocenters. The largest absolute Gasteiger partial charge is 0.507 e. The maximum Gasteiger partial charge on any atom is 0.295 e. The van der Waals surface area contributed by atoms with E-state index in [1.165, 1.54) is 4.90 Å². The fraction of sp³-hybridized carbons (Fsp3) is 0.130. The van der Waals surface area contributed by atoms with Gasteiger partial charge in [-0.2, -0.15) is 0 Å². The number of pyridine rings is 2. The maximum atomic E-state index is 12.9. The lowest BCUT2D eigenvalue weighted by Gasteiger charge is -2.25. The van der Waals surface area contributed by atoms with Crippen LogP contribution in [0.1, 0.15) is 28.3 Å². The van der Waals surface area contributed by atoms with Gasteiger partial charge in [-0.1, -0.05) is 42.0 Å². The smallest absolute Gasteiger partial charge is 0.295 e. The minimum Gasteiger partial charge on any atom is -0.507 e. The summed E-state index contributed by atoms with van der Waals surface area (Å²) in [5.74, 6) is -1.55. The van der Waals surface area contributed by atoms with E-state index in [9.17, 15) is 14.7 Å². The molecule has 0 saturated carbocycles. The summed E-state index contributed by atoms with van der Waals surface area (Å²) >= 11 is 0. The second-order valence-electron chi connectivity index (χ2n) is 6.94. The van der Waals surface area contributed by atoms with Crippen LogP contribution in [0.2, 0.25) is 0 Å². The van der Waals surface area contributed by atoms with Crippen LogP contribution in [-0.2, 0) is 16.1 Å². The Morgan fingerprint density at radius 1 is 1.00 bits per heavy atom. The number of rotatable bonds is 4. The van der Waals surface area contributed by atoms with Gasteiger partial charge in [0.05, 0.1) is 11.6 Å². The quantitative estimate of drug-likeness (QED) is 0.423.